The molecule has 92 valence electrons. The van der Waals surface area contributed by atoms with Crippen molar-refractivity contribution >= 4 is 22.4 Å². The average molecular weight is 250 g/mol. The number of fused-ring (bicyclic) bond motifs is 1. The molecule has 1 N–H and O–H groups in total. The molecule has 0 radical (unpaired) electrons. The summed E-state index contributed by atoms with van der Waals surface area (Å²) >= 11 is 0. The first-order valence-electron chi connectivity index (χ1n) is 5.74. The van der Waals surface area contributed by atoms with Crippen LogP contribution in [0.5, 0.6) is 5.75 Å². The van der Waals surface area contributed by atoms with Crippen LogP contribution in [0.2, 0.25) is 0 Å². The molecule has 0 aliphatic rings. The summed E-state index contributed by atoms with van der Waals surface area (Å²) in [7, 11) is 0. The lowest BCUT2D eigenvalue weighted by molar-refractivity contribution is 0.477. The Labute approximate surface area is 109 Å². The van der Waals surface area contributed by atoms with Gasteiger partial charge in [0.1, 0.15) is 11.4 Å². The molecule has 0 atom stereocenters. The van der Waals surface area contributed by atoms with Crippen molar-refractivity contribution in [1.82, 2.24) is 9.97 Å². The van der Waals surface area contributed by atoms with Crippen LogP contribution < -0.4 is 0 Å². The number of aromatic nitrogens is 2. The van der Waals surface area contributed by atoms with Crippen molar-refractivity contribution in [3.8, 4) is 5.75 Å². The second kappa shape index (κ2) is 4.81. The number of aromatic hydroxyl groups is 1. The number of azo groups is 1. The van der Waals surface area contributed by atoms with Crippen LogP contribution in [0.3, 0.4) is 0 Å². The third kappa shape index (κ3) is 2.26. The van der Waals surface area contributed by atoms with E-state index in [0.29, 0.717) is 5.69 Å². The van der Waals surface area contributed by atoms with Crippen molar-refractivity contribution in [3.63, 3.8) is 0 Å². The monoisotopic (exact) mass is 250 g/mol. The Morgan fingerprint density at radius 2 is 1.63 bits per heavy atom. The van der Waals surface area contributed by atoms with Crippen LogP contribution in [-0.4, -0.2) is 15.1 Å². The summed E-state index contributed by atoms with van der Waals surface area (Å²) in [5.74, 6) is 0.341. The van der Waals surface area contributed by atoms with Crippen molar-refractivity contribution in [2.45, 2.75) is 0 Å². The van der Waals surface area contributed by atoms with Crippen LogP contribution in [-0.2, 0) is 0 Å². The second-order valence-corrected chi connectivity index (χ2v) is 3.90. The van der Waals surface area contributed by atoms with Gasteiger partial charge >= 0.3 is 0 Å². The highest BCUT2D eigenvalue weighted by Crippen LogP contribution is 2.35. The fourth-order valence-corrected chi connectivity index (χ4v) is 1.79. The molecule has 0 saturated heterocycles. The van der Waals surface area contributed by atoms with Crippen molar-refractivity contribution in [1.29, 1.82) is 0 Å². The largest absolute Gasteiger partial charge is 0.506 e. The van der Waals surface area contributed by atoms with Gasteiger partial charge in [-0.3, -0.25) is 0 Å². The van der Waals surface area contributed by atoms with E-state index >= 15 is 0 Å². The Bertz CT molecular complexity index is 741. The Morgan fingerprint density at radius 1 is 0.842 bits per heavy atom. The summed E-state index contributed by atoms with van der Waals surface area (Å²) in [6.07, 6.45) is 3.18. The maximum atomic E-state index is 9.89. The van der Waals surface area contributed by atoms with Gasteiger partial charge in [-0.1, -0.05) is 30.3 Å². The van der Waals surface area contributed by atoms with Gasteiger partial charge in [0.2, 0.25) is 0 Å². The highest BCUT2D eigenvalue weighted by Gasteiger charge is 2.05. The van der Waals surface area contributed by atoms with Gasteiger partial charge in [0.15, 0.2) is 0 Å². The van der Waals surface area contributed by atoms with E-state index in [0.717, 1.165) is 10.8 Å². The maximum Gasteiger partial charge on any atom is 0.268 e. The Hall–Kier alpha value is -2.82. The van der Waals surface area contributed by atoms with Crippen molar-refractivity contribution < 1.29 is 5.11 Å². The van der Waals surface area contributed by atoms with Crippen LogP contribution in [0.15, 0.2) is 65.1 Å². The van der Waals surface area contributed by atoms with Crippen LogP contribution in [0, 0.1) is 0 Å². The Kier molecular flexibility index (Phi) is 2.86. The molecule has 3 aromatic rings. The normalized spacial score (nSPS) is 11.2. The SMILES string of the molecule is Oc1ccc2ccccc2c1N=Nc1ncccn1. The topological polar surface area (TPSA) is 70.7 Å². The molecule has 0 saturated carbocycles. The third-order valence-corrected chi connectivity index (χ3v) is 2.67. The van der Waals surface area contributed by atoms with Gasteiger partial charge in [0.25, 0.3) is 5.95 Å². The van der Waals surface area contributed by atoms with E-state index in [1.54, 1.807) is 24.5 Å². The first-order chi connectivity index (χ1) is 9.34. The predicted octanol–water partition coefficient (Wildman–Crippen LogP) is 3.75. The minimum absolute atomic E-state index is 0.0818. The molecular formula is C14H10N4O. The summed E-state index contributed by atoms with van der Waals surface area (Å²) in [5, 5.41) is 19.7. The van der Waals surface area contributed by atoms with Gasteiger partial charge in [-0.25, -0.2) is 9.97 Å². The predicted molar refractivity (Wildman–Crippen MR) is 71.8 cm³/mol. The number of hydrogen-bond acceptors (Lipinski definition) is 5. The summed E-state index contributed by atoms with van der Waals surface area (Å²) in [5.41, 5.74) is 0.422. The first kappa shape index (κ1) is 11.3. The molecule has 5 nitrogen and oxygen atoms in total. The van der Waals surface area contributed by atoms with Gasteiger partial charge < -0.3 is 5.11 Å². The number of rotatable bonds is 2. The van der Waals surface area contributed by atoms with Crippen LogP contribution in [0.4, 0.5) is 11.6 Å². The smallest absolute Gasteiger partial charge is 0.268 e. The van der Waals surface area contributed by atoms with Gasteiger partial charge in [-0.15, -0.1) is 10.2 Å². The van der Waals surface area contributed by atoms with Crippen molar-refractivity contribution in [2.24, 2.45) is 10.2 Å². The van der Waals surface area contributed by atoms with Crippen LogP contribution >= 0.6 is 0 Å². The van der Waals surface area contributed by atoms with E-state index in [1.807, 2.05) is 30.3 Å². The molecule has 0 amide bonds. The summed E-state index contributed by atoms with van der Waals surface area (Å²) in [4.78, 5) is 7.90. The zero-order valence-electron chi connectivity index (χ0n) is 9.93. The zero-order valence-corrected chi connectivity index (χ0v) is 9.93. The molecule has 2 aromatic carbocycles. The van der Waals surface area contributed by atoms with E-state index in [9.17, 15) is 5.11 Å². The molecule has 5 heteroatoms. The number of nitrogens with zero attached hydrogens (tertiary/aromatic N) is 4. The molecular weight excluding hydrogens is 240 g/mol. The summed E-state index contributed by atoms with van der Waals surface area (Å²) in [6, 6.07) is 12.8. The minimum atomic E-state index is 0.0818. The third-order valence-electron chi connectivity index (χ3n) is 2.67. The number of benzene rings is 2. The molecule has 19 heavy (non-hydrogen) atoms. The molecule has 0 fully saturated rings. The minimum Gasteiger partial charge on any atom is -0.506 e. The fraction of sp³-hybridized carbons (Fsp3) is 0. The van der Waals surface area contributed by atoms with Gasteiger partial charge in [-0.05, 0) is 17.5 Å². The lowest BCUT2D eigenvalue weighted by Gasteiger charge is -2.02. The lowest BCUT2D eigenvalue weighted by atomic mass is 10.1. The quantitative estimate of drug-likeness (QED) is 0.704. The summed E-state index contributed by atoms with van der Waals surface area (Å²) in [6.45, 7) is 0. The first-order valence-corrected chi connectivity index (χ1v) is 5.74. The molecule has 0 spiro atoms. The highest BCUT2D eigenvalue weighted by atomic mass is 16.3. The zero-order chi connectivity index (χ0) is 13.1. The van der Waals surface area contributed by atoms with Crippen molar-refractivity contribution in [2.75, 3.05) is 0 Å². The lowest BCUT2D eigenvalue weighted by Crippen LogP contribution is -1.77. The second-order valence-electron chi connectivity index (χ2n) is 3.90. The van der Waals surface area contributed by atoms with Crippen LogP contribution in [0.1, 0.15) is 0 Å². The van der Waals surface area contributed by atoms with E-state index in [1.165, 1.54) is 0 Å². The standard InChI is InChI=1S/C14H10N4O/c19-12-7-6-10-4-1-2-5-11(10)13(12)17-18-14-15-8-3-9-16-14/h1-9,19H. The molecule has 0 aliphatic carbocycles. The maximum absolute atomic E-state index is 9.89. The average Bonchev–Trinajstić information content (AvgIpc) is 2.47. The van der Waals surface area contributed by atoms with Crippen LogP contribution in [0.25, 0.3) is 10.8 Å². The molecule has 0 bridgehead atoms. The number of hydrogen-bond donors (Lipinski definition) is 1. The van der Waals surface area contributed by atoms with E-state index < -0.39 is 0 Å². The number of phenolic OH excluding ortho intramolecular Hbond substituents is 1. The molecule has 1 aromatic heterocycles. The molecule has 0 unspecified atom stereocenters. The summed E-state index contributed by atoms with van der Waals surface area (Å²) < 4.78 is 0. The Morgan fingerprint density at radius 3 is 2.47 bits per heavy atom. The van der Waals surface area contributed by atoms with E-state index in [4.69, 9.17) is 0 Å². The fourth-order valence-electron chi connectivity index (χ4n) is 1.79. The van der Waals surface area contributed by atoms with Gasteiger partial charge in [-0.2, -0.15) is 0 Å². The Balaban J connectivity index is 2.10. The van der Waals surface area contributed by atoms with Gasteiger partial charge in [0.05, 0.1) is 0 Å². The van der Waals surface area contributed by atoms with E-state index in [2.05, 4.69) is 20.2 Å². The highest BCUT2D eigenvalue weighted by molar-refractivity contribution is 5.95. The molecule has 1 heterocycles. The molecule has 0 aliphatic heterocycles. The van der Waals surface area contributed by atoms with Gasteiger partial charge in [0, 0.05) is 17.8 Å². The van der Waals surface area contributed by atoms with E-state index in [-0.39, 0.29) is 11.7 Å². The van der Waals surface area contributed by atoms with Crippen molar-refractivity contribution in [3.05, 3.63) is 54.9 Å². The number of phenols is 1. The molecule has 3 rings (SSSR count).